The average molecular weight is 435 g/mol. The Balaban J connectivity index is 2.11. The van der Waals surface area contributed by atoms with Crippen LogP contribution >= 0.6 is 0 Å². The summed E-state index contributed by atoms with van der Waals surface area (Å²) in [6.45, 7) is 8.79. The van der Waals surface area contributed by atoms with Gasteiger partial charge in [-0.25, -0.2) is 9.97 Å². The molecule has 32 heavy (non-hydrogen) atoms. The van der Waals surface area contributed by atoms with Crippen LogP contribution in [0, 0.1) is 5.41 Å². The van der Waals surface area contributed by atoms with Crippen molar-refractivity contribution in [3.05, 3.63) is 54.1 Å². The van der Waals surface area contributed by atoms with Crippen LogP contribution in [0.3, 0.4) is 0 Å². The Labute approximate surface area is 189 Å². The lowest BCUT2D eigenvalue weighted by Gasteiger charge is -2.21. The molecule has 0 spiro atoms. The third kappa shape index (κ3) is 5.32. The molecule has 8 nitrogen and oxygen atoms in total. The fourth-order valence-electron chi connectivity index (χ4n) is 3.30. The second kappa shape index (κ2) is 10.6. The Morgan fingerprint density at radius 2 is 2.03 bits per heavy atom. The number of methoxy groups -OCH3 is 1. The number of rotatable bonds is 10. The number of aromatic nitrogens is 3. The molecule has 0 saturated carbocycles. The molecule has 0 saturated heterocycles. The second-order valence-corrected chi connectivity index (χ2v) is 7.53. The molecule has 0 atom stereocenters. The average Bonchev–Trinajstić information content (AvgIpc) is 2.78. The van der Waals surface area contributed by atoms with Crippen LogP contribution in [0.4, 0.5) is 11.4 Å². The number of ether oxygens (including phenoxy) is 2. The number of pyridine rings is 3. The van der Waals surface area contributed by atoms with Crippen LogP contribution in [0.5, 0.6) is 11.6 Å². The summed E-state index contributed by atoms with van der Waals surface area (Å²) in [5, 5.41) is 15.3. The van der Waals surface area contributed by atoms with Gasteiger partial charge in [-0.05, 0) is 52.0 Å². The molecule has 3 aromatic heterocycles. The molecule has 0 aliphatic carbocycles. The predicted molar refractivity (Wildman–Crippen MR) is 128 cm³/mol. The van der Waals surface area contributed by atoms with Crippen LogP contribution in [0.1, 0.15) is 39.0 Å². The highest BCUT2D eigenvalue weighted by Crippen LogP contribution is 2.35. The Bertz CT molecular complexity index is 1080. The van der Waals surface area contributed by atoms with Gasteiger partial charge in [-0.2, -0.15) is 0 Å². The van der Waals surface area contributed by atoms with Gasteiger partial charge >= 0.3 is 0 Å². The van der Waals surface area contributed by atoms with Gasteiger partial charge in [-0.15, -0.1) is 0 Å². The Kier molecular flexibility index (Phi) is 7.59. The van der Waals surface area contributed by atoms with Crippen molar-refractivity contribution < 1.29 is 9.47 Å². The smallest absolute Gasteiger partial charge is 0.222 e. The molecule has 0 unspecified atom stereocenters. The third-order valence-electron chi connectivity index (χ3n) is 4.70. The highest BCUT2D eigenvalue weighted by atomic mass is 16.5. The van der Waals surface area contributed by atoms with Gasteiger partial charge in [0.2, 0.25) is 5.88 Å². The summed E-state index contributed by atoms with van der Waals surface area (Å²) >= 11 is 0. The van der Waals surface area contributed by atoms with Crippen LogP contribution in [0.15, 0.2) is 42.9 Å². The van der Waals surface area contributed by atoms with E-state index in [2.05, 4.69) is 34.4 Å². The summed E-state index contributed by atoms with van der Waals surface area (Å²) < 4.78 is 11.2. The number of nitrogens with zero attached hydrogens (tertiary/aromatic N) is 3. The maximum atomic E-state index is 8.37. The van der Waals surface area contributed by atoms with Crippen molar-refractivity contribution in [3.8, 4) is 22.9 Å². The highest BCUT2D eigenvalue weighted by Gasteiger charge is 2.19. The van der Waals surface area contributed by atoms with E-state index in [0.29, 0.717) is 41.9 Å². The molecule has 168 valence electrons. The van der Waals surface area contributed by atoms with Crippen molar-refractivity contribution in [1.29, 1.82) is 5.41 Å². The van der Waals surface area contributed by atoms with Crippen LogP contribution in [-0.2, 0) is 6.54 Å². The molecule has 8 heteroatoms. The Hall–Kier alpha value is -3.68. The van der Waals surface area contributed by atoms with Crippen molar-refractivity contribution in [2.45, 2.75) is 40.3 Å². The summed E-state index contributed by atoms with van der Waals surface area (Å²) in [4.78, 5) is 13.3. The van der Waals surface area contributed by atoms with Gasteiger partial charge in [-0.1, -0.05) is 0 Å². The molecule has 0 aromatic carbocycles. The molecule has 3 rings (SSSR count). The molecule has 0 aliphatic rings. The van der Waals surface area contributed by atoms with E-state index >= 15 is 0 Å². The summed E-state index contributed by atoms with van der Waals surface area (Å²) in [7, 11) is 1.63. The predicted octanol–water partition coefficient (Wildman–Crippen LogP) is 4.77. The van der Waals surface area contributed by atoms with E-state index in [1.165, 1.54) is 0 Å². The molecule has 3 aromatic rings. The van der Waals surface area contributed by atoms with E-state index in [4.69, 9.17) is 19.9 Å². The van der Waals surface area contributed by atoms with Crippen molar-refractivity contribution in [2.24, 2.45) is 0 Å². The lowest BCUT2D eigenvalue weighted by atomic mass is 10.1. The van der Waals surface area contributed by atoms with Gasteiger partial charge < -0.3 is 25.5 Å². The number of nitrogens with one attached hydrogen (secondary N) is 3. The summed E-state index contributed by atoms with van der Waals surface area (Å²) in [6.07, 6.45) is 5.13. The van der Waals surface area contributed by atoms with Gasteiger partial charge in [0, 0.05) is 30.5 Å². The van der Waals surface area contributed by atoms with E-state index < -0.39 is 0 Å². The number of anilines is 2. The molecule has 3 N–H and O–H groups in total. The minimum Gasteiger partial charge on any atom is -0.495 e. The zero-order valence-electron chi connectivity index (χ0n) is 19.2. The van der Waals surface area contributed by atoms with E-state index in [1.54, 1.807) is 32.6 Å². The van der Waals surface area contributed by atoms with Crippen molar-refractivity contribution in [1.82, 2.24) is 15.0 Å². The SMILES string of the molecule is CCOc1ncccc1-c1cc(NCc2ccncc2OC)c(NC(C)C)c(C(C)=N)n1. The first-order chi connectivity index (χ1) is 15.4. The first kappa shape index (κ1) is 23.0. The second-order valence-electron chi connectivity index (χ2n) is 7.53. The molecule has 0 amide bonds. The Morgan fingerprint density at radius 1 is 1.22 bits per heavy atom. The maximum absolute atomic E-state index is 8.37. The zero-order valence-corrected chi connectivity index (χ0v) is 19.2. The highest BCUT2D eigenvalue weighted by molar-refractivity contribution is 6.03. The van der Waals surface area contributed by atoms with Gasteiger partial charge in [0.1, 0.15) is 11.4 Å². The summed E-state index contributed by atoms with van der Waals surface area (Å²) in [5.74, 6) is 1.23. The molecule has 0 fully saturated rings. The van der Waals surface area contributed by atoms with Crippen molar-refractivity contribution >= 4 is 17.1 Å². The first-order valence-corrected chi connectivity index (χ1v) is 10.6. The molecule has 3 heterocycles. The lowest BCUT2D eigenvalue weighted by molar-refractivity contribution is 0.328. The normalized spacial score (nSPS) is 10.7. The Morgan fingerprint density at radius 3 is 2.72 bits per heavy atom. The quantitative estimate of drug-likeness (QED) is 0.395. The van der Waals surface area contributed by atoms with E-state index in [1.807, 2.05) is 31.2 Å². The first-order valence-electron chi connectivity index (χ1n) is 10.6. The fraction of sp³-hybridized carbons (Fsp3) is 0.333. The molecule has 0 aliphatic heterocycles. The van der Waals surface area contributed by atoms with E-state index in [0.717, 1.165) is 22.5 Å². The lowest BCUT2D eigenvalue weighted by Crippen LogP contribution is -2.17. The van der Waals surface area contributed by atoms with Gasteiger partial charge in [-0.3, -0.25) is 4.98 Å². The van der Waals surface area contributed by atoms with Crippen LogP contribution < -0.4 is 20.1 Å². The summed E-state index contributed by atoms with van der Waals surface area (Å²) in [5.41, 5.74) is 4.98. The number of hydrogen-bond acceptors (Lipinski definition) is 8. The minimum absolute atomic E-state index is 0.161. The van der Waals surface area contributed by atoms with Crippen molar-refractivity contribution in [3.63, 3.8) is 0 Å². The fourth-order valence-corrected chi connectivity index (χ4v) is 3.30. The van der Waals surface area contributed by atoms with Crippen LogP contribution in [-0.4, -0.2) is 40.4 Å². The number of hydrogen-bond donors (Lipinski definition) is 3. The maximum Gasteiger partial charge on any atom is 0.222 e. The van der Waals surface area contributed by atoms with Crippen LogP contribution in [0.2, 0.25) is 0 Å². The van der Waals surface area contributed by atoms with Crippen molar-refractivity contribution in [2.75, 3.05) is 24.4 Å². The standard InChI is InChI=1S/C24H30N6O2/c1-6-32-24-18(8-7-10-27-24)19-12-20(23(29-15(2)3)22(30-19)16(4)25)28-13-17-9-11-26-14-21(17)31-5/h7-12,14-15,25,29H,6,13H2,1-5H3,(H,28,30). The molecular weight excluding hydrogens is 404 g/mol. The monoisotopic (exact) mass is 434 g/mol. The molecule has 0 radical (unpaired) electrons. The van der Waals surface area contributed by atoms with Gasteiger partial charge in [0.05, 0.1) is 48.3 Å². The van der Waals surface area contributed by atoms with E-state index in [-0.39, 0.29) is 6.04 Å². The largest absolute Gasteiger partial charge is 0.495 e. The van der Waals surface area contributed by atoms with Crippen LogP contribution in [0.25, 0.3) is 11.3 Å². The van der Waals surface area contributed by atoms with Gasteiger partial charge in [0.25, 0.3) is 0 Å². The summed E-state index contributed by atoms with van der Waals surface area (Å²) in [6, 6.07) is 7.82. The third-order valence-corrected chi connectivity index (χ3v) is 4.70. The molecule has 0 bridgehead atoms. The minimum atomic E-state index is 0.161. The topological polar surface area (TPSA) is 105 Å². The van der Waals surface area contributed by atoms with E-state index in [9.17, 15) is 0 Å². The zero-order chi connectivity index (χ0) is 23.1. The molecular formula is C24H30N6O2. The van der Waals surface area contributed by atoms with Gasteiger partial charge in [0.15, 0.2) is 0 Å².